The van der Waals surface area contributed by atoms with Crippen LogP contribution in [0.25, 0.3) is 0 Å². The van der Waals surface area contributed by atoms with E-state index in [4.69, 9.17) is 11.6 Å². The van der Waals surface area contributed by atoms with E-state index < -0.39 is 16.0 Å². The van der Waals surface area contributed by atoms with Crippen LogP contribution in [-0.4, -0.2) is 8.42 Å². The standard InChI is InChI=1S/C7H6ClFO2S/c8-7-3-1-6(2-4-7)5-12(9,10)11/h1-4H,5H2. The third kappa shape index (κ3) is 3.19. The van der Waals surface area contributed by atoms with Crippen molar-refractivity contribution in [3.63, 3.8) is 0 Å². The molecule has 0 saturated carbocycles. The highest BCUT2D eigenvalue weighted by Crippen LogP contribution is 2.12. The van der Waals surface area contributed by atoms with Gasteiger partial charge in [-0.05, 0) is 17.7 Å². The molecule has 0 aliphatic heterocycles. The molecule has 0 radical (unpaired) electrons. The summed E-state index contributed by atoms with van der Waals surface area (Å²) in [6, 6.07) is 5.98. The molecule has 5 heteroatoms. The lowest BCUT2D eigenvalue weighted by atomic mass is 10.2. The third-order valence-electron chi connectivity index (χ3n) is 1.25. The number of rotatable bonds is 2. The van der Waals surface area contributed by atoms with Crippen LogP contribution < -0.4 is 0 Å². The van der Waals surface area contributed by atoms with Gasteiger partial charge in [-0.1, -0.05) is 23.7 Å². The Kier molecular flexibility index (Phi) is 2.69. The number of hydrogen-bond acceptors (Lipinski definition) is 2. The van der Waals surface area contributed by atoms with E-state index in [1.807, 2.05) is 0 Å². The third-order valence-corrected chi connectivity index (χ3v) is 2.18. The maximum Gasteiger partial charge on any atom is 0.306 e. The highest BCUT2D eigenvalue weighted by atomic mass is 35.5. The van der Waals surface area contributed by atoms with Crippen molar-refractivity contribution in [3.05, 3.63) is 34.9 Å². The molecular weight excluding hydrogens is 203 g/mol. The van der Waals surface area contributed by atoms with E-state index in [-0.39, 0.29) is 0 Å². The average molecular weight is 209 g/mol. The van der Waals surface area contributed by atoms with Crippen molar-refractivity contribution in [2.45, 2.75) is 5.75 Å². The van der Waals surface area contributed by atoms with Gasteiger partial charge < -0.3 is 0 Å². The molecule has 1 aromatic carbocycles. The quantitative estimate of drug-likeness (QED) is 0.698. The van der Waals surface area contributed by atoms with E-state index in [1.54, 1.807) is 0 Å². The minimum absolute atomic E-state index is 0.391. The molecular formula is C7H6ClFO2S. The fraction of sp³-hybridized carbons (Fsp3) is 0.143. The summed E-state index contributed by atoms with van der Waals surface area (Å²) in [5, 5.41) is 0.495. The van der Waals surface area contributed by atoms with E-state index in [0.29, 0.717) is 10.6 Å². The van der Waals surface area contributed by atoms with Crippen LogP contribution in [-0.2, 0) is 16.0 Å². The predicted molar refractivity (Wildman–Crippen MR) is 45.2 cm³/mol. The molecule has 1 rings (SSSR count). The molecule has 0 aliphatic rings. The highest BCUT2D eigenvalue weighted by Gasteiger charge is 2.07. The van der Waals surface area contributed by atoms with Gasteiger partial charge in [0.1, 0.15) is 5.75 Å². The van der Waals surface area contributed by atoms with Crippen LogP contribution >= 0.6 is 11.6 Å². The zero-order valence-electron chi connectivity index (χ0n) is 6.00. The van der Waals surface area contributed by atoms with Crippen molar-refractivity contribution in [1.29, 1.82) is 0 Å². The minimum Gasteiger partial charge on any atom is -0.194 e. The van der Waals surface area contributed by atoms with Crippen LogP contribution in [0.2, 0.25) is 5.02 Å². The van der Waals surface area contributed by atoms with E-state index in [9.17, 15) is 12.3 Å². The first-order valence-electron chi connectivity index (χ1n) is 3.14. The second-order valence-electron chi connectivity index (χ2n) is 2.31. The van der Waals surface area contributed by atoms with Gasteiger partial charge >= 0.3 is 10.2 Å². The molecule has 0 aliphatic carbocycles. The molecule has 0 atom stereocenters. The first kappa shape index (κ1) is 9.48. The van der Waals surface area contributed by atoms with Gasteiger partial charge in [0, 0.05) is 5.02 Å². The Morgan fingerprint density at radius 1 is 1.25 bits per heavy atom. The molecule has 0 amide bonds. The summed E-state index contributed by atoms with van der Waals surface area (Å²) >= 11 is 5.54. The lowest BCUT2D eigenvalue weighted by molar-refractivity contribution is 0.551. The molecule has 66 valence electrons. The number of benzene rings is 1. The zero-order chi connectivity index (χ0) is 9.19. The number of hydrogen-bond donors (Lipinski definition) is 0. The summed E-state index contributed by atoms with van der Waals surface area (Å²) in [7, 11) is -4.43. The summed E-state index contributed by atoms with van der Waals surface area (Å²) in [5.41, 5.74) is 0.391. The SMILES string of the molecule is O=S(=O)(F)Cc1ccc(Cl)cc1. The van der Waals surface area contributed by atoms with E-state index >= 15 is 0 Å². The lowest BCUT2D eigenvalue weighted by Gasteiger charge is -1.95. The number of halogens is 2. The Morgan fingerprint density at radius 3 is 2.17 bits per heavy atom. The summed E-state index contributed by atoms with van der Waals surface area (Å²) in [6.45, 7) is 0. The molecule has 1 aromatic rings. The smallest absolute Gasteiger partial charge is 0.194 e. The van der Waals surface area contributed by atoms with Gasteiger partial charge in [0.25, 0.3) is 0 Å². The van der Waals surface area contributed by atoms with Crippen LogP contribution in [0.1, 0.15) is 5.56 Å². The molecule has 12 heavy (non-hydrogen) atoms. The second-order valence-corrected chi connectivity index (χ2v) is 4.11. The molecule has 0 aromatic heterocycles. The van der Waals surface area contributed by atoms with E-state index in [0.717, 1.165) is 0 Å². The maximum atomic E-state index is 12.1. The molecule has 0 spiro atoms. The van der Waals surface area contributed by atoms with Crippen molar-refractivity contribution in [2.75, 3.05) is 0 Å². The second kappa shape index (κ2) is 3.41. The first-order valence-corrected chi connectivity index (χ1v) is 5.07. The van der Waals surface area contributed by atoms with Crippen LogP contribution in [0, 0.1) is 0 Å². The van der Waals surface area contributed by atoms with Gasteiger partial charge in [0.05, 0.1) is 0 Å². The fourth-order valence-corrected chi connectivity index (χ4v) is 1.50. The predicted octanol–water partition coefficient (Wildman–Crippen LogP) is 2.14. The van der Waals surface area contributed by atoms with Crippen LogP contribution in [0.15, 0.2) is 24.3 Å². The fourth-order valence-electron chi connectivity index (χ4n) is 0.780. The molecule has 0 saturated heterocycles. The van der Waals surface area contributed by atoms with Gasteiger partial charge in [-0.25, -0.2) is 0 Å². The highest BCUT2D eigenvalue weighted by molar-refractivity contribution is 7.85. The van der Waals surface area contributed by atoms with Gasteiger partial charge in [0.2, 0.25) is 0 Å². The summed E-state index contributed by atoms with van der Waals surface area (Å²) in [5.74, 6) is -0.593. The maximum absolute atomic E-state index is 12.1. The Bertz CT molecular complexity index is 357. The van der Waals surface area contributed by atoms with Crippen molar-refractivity contribution in [1.82, 2.24) is 0 Å². The monoisotopic (exact) mass is 208 g/mol. The van der Waals surface area contributed by atoms with Gasteiger partial charge in [-0.15, -0.1) is 3.89 Å². The molecule has 0 N–H and O–H groups in total. The Balaban J connectivity index is 2.85. The van der Waals surface area contributed by atoms with E-state index in [1.165, 1.54) is 24.3 Å². The van der Waals surface area contributed by atoms with Crippen molar-refractivity contribution in [3.8, 4) is 0 Å². The van der Waals surface area contributed by atoms with Crippen LogP contribution in [0.4, 0.5) is 3.89 Å². The van der Waals surface area contributed by atoms with Gasteiger partial charge in [0.15, 0.2) is 0 Å². The average Bonchev–Trinajstić information content (AvgIpc) is 1.91. The van der Waals surface area contributed by atoms with Gasteiger partial charge in [-0.3, -0.25) is 0 Å². The van der Waals surface area contributed by atoms with E-state index in [2.05, 4.69) is 0 Å². The topological polar surface area (TPSA) is 34.1 Å². The summed E-state index contributed by atoms with van der Waals surface area (Å²) in [6.07, 6.45) is 0. The van der Waals surface area contributed by atoms with Crippen molar-refractivity contribution < 1.29 is 12.3 Å². The molecule has 0 bridgehead atoms. The normalized spacial score (nSPS) is 11.5. The summed E-state index contributed by atoms with van der Waals surface area (Å²) < 4.78 is 32.5. The largest absolute Gasteiger partial charge is 0.306 e. The molecule has 0 unspecified atom stereocenters. The van der Waals surface area contributed by atoms with Gasteiger partial charge in [-0.2, -0.15) is 8.42 Å². The van der Waals surface area contributed by atoms with Crippen molar-refractivity contribution >= 4 is 21.8 Å². The first-order chi connectivity index (χ1) is 5.47. The Labute approximate surface area is 75.2 Å². The minimum atomic E-state index is -4.43. The Morgan fingerprint density at radius 2 is 1.75 bits per heavy atom. The van der Waals surface area contributed by atoms with Crippen LogP contribution in [0.5, 0.6) is 0 Å². The molecule has 2 nitrogen and oxygen atoms in total. The molecule has 0 fully saturated rings. The Hall–Kier alpha value is -0.610. The van der Waals surface area contributed by atoms with Crippen LogP contribution in [0.3, 0.4) is 0 Å². The van der Waals surface area contributed by atoms with Crippen molar-refractivity contribution in [2.24, 2.45) is 0 Å². The molecule has 0 heterocycles. The summed E-state index contributed by atoms with van der Waals surface area (Å²) in [4.78, 5) is 0. The lowest BCUT2D eigenvalue weighted by Crippen LogP contribution is -1.95. The zero-order valence-corrected chi connectivity index (χ0v) is 7.57.